The number of ether oxygens (including phenoxy) is 1. The van der Waals surface area contributed by atoms with Gasteiger partial charge in [-0.25, -0.2) is 13.1 Å². The molecule has 0 aliphatic rings. The van der Waals surface area contributed by atoms with Gasteiger partial charge in [0, 0.05) is 13.0 Å². The van der Waals surface area contributed by atoms with Crippen LogP contribution in [0.2, 0.25) is 0 Å². The van der Waals surface area contributed by atoms with Gasteiger partial charge in [-0.1, -0.05) is 60.2 Å². The molecule has 0 spiro atoms. The van der Waals surface area contributed by atoms with E-state index in [0.717, 1.165) is 11.1 Å². The molecule has 1 atom stereocenters. The zero-order chi connectivity index (χ0) is 22.3. The molecule has 0 aliphatic carbocycles. The molecule has 0 aromatic heterocycles. The lowest BCUT2D eigenvalue weighted by atomic mass is 10.0. The zero-order valence-electron chi connectivity index (χ0n) is 17.5. The van der Waals surface area contributed by atoms with Crippen LogP contribution < -0.4 is 14.8 Å². The van der Waals surface area contributed by atoms with E-state index in [1.165, 1.54) is 7.11 Å². The molecule has 0 heterocycles. The van der Waals surface area contributed by atoms with Crippen molar-refractivity contribution in [2.24, 2.45) is 0 Å². The molecule has 0 unspecified atom stereocenters. The van der Waals surface area contributed by atoms with Crippen LogP contribution in [-0.4, -0.2) is 21.4 Å². The third-order valence-corrected chi connectivity index (χ3v) is 6.33. The number of sulfonamides is 1. The average Bonchev–Trinajstić information content (AvgIpc) is 2.78. The van der Waals surface area contributed by atoms with Crippen LogP contribution in [-0.2, 0) is 21.4 Å². The van der Waals surface area contributed by atoms with Gasteiger partial charge in [0.15, 0.2) is 0 Å². The Morgan fingerprint density at radius 3 is 2.35 bits per heavy atom. The summed E-state index contributed by atoms with van der Waals surface area (Å²) in [5.74, 6) is 0.324. The molecule has 2 N–H and O–H groups in total. The topological polar surface area (TPSA) is 84.5 Å². The molecule has 0 aliphatic heterocycles. The van der Waals surface area contributed by atoms with Gasteiger partial charge >= 0.3 is 0 Å². The molecule has 0 saturated carbocycles. The maximum Gasteiger partial charge on any atom is 0.241 e. The second-order valence-electron chi connectivity index (χ2n) is 7.23. The molecule has 0 radical (unpaired) electrons. The highest BCUT2D eigenvalue weighted by atomic mass is 32.2. The van der Waals surface area contributed by atoms with Gasteiger partial charge in [0.25, 0.3) is 0 Å². The third-order valence-electron chi connectivity index (χ3n) is 4.85. The lowest BCUT2D eigenvalue weighted by Gasteiger charge is -2.20. The van der Waals surface area contributed by atoms with E-state index in [-0.39, 0.29) is 17.2 Å². The summed E-state index contributed by atoms with van der Waals surface area (Å²) in [6.07, 6.45) is -0.0505. The van der Waals surface area contributed by atoms with E-state index >= 15 is 0 Å². The number of hydrogen-bond acceptors (Lipinski definition) is 4. The fourth-order valence-electron chi connectivity index (χ4n) is 3.11. The third kappa shape index (κ3) is 6.41. The number of hydrogen-bond donors (Lipinski definition) is 2. The standard InChI is InChI=1S/C24H26N2O4S/c1-18-11-13-22(14-12-18)31(28,29)26-23(20-9-6-10-21(15-20)30-2)16-24(27)25-17-19-7-4-3-5-8-19/h3-15,23,26H,16-17H2,1-2H3,(H,25,27)/t23-/m0/s1. The van der Waals surface area contributed by atoms with E-state index in [1.807, 2.05) is 37.3 Å². The first-order valence-corrected chi connectivity index (χ1v) is 11.4. The molecule has 31 heavy (non-hydrogen) atoms. The van der Waals surface area contributed by atoms with Crippen molar-refractivity contribution in [3.63, 3.8) is 0 Å². The number of carbonyl (C=O) groups excluding carboxylic acids is 1. The Hall–Kier alpha value is -3.16. The molecule has 7 heteroatoms. The van der Waals surface area contributed by atoms with Crippen LogP contribution in [0, 0.1) is 6.92 Å². The van der Waals surface area contributed by atoms with Crippen molar-refractivity contribution in [2.45, 2.75) is 30.8 Å². The first kappa shape index (κ1) is 22.5. The van der Waals surface area contributed by atoms with E-state index in [0.29, 0.717) is 17.9 Å². The smallest absolute Gasteiger partial charge is 0.241 e. The fraction of sp³-hybridized carbons (Fsp3) is 0.208. The highest BCUT2D eigenvalue weighted by molar-refractivity contribution is 7.89. The largest absolute Gasteiger partial charge is 0.497 e. The molecule has 3 rings (SSSR count). The van der Waals surface area contributed by atoms with Crippen molar-refractivity contribution in [1.82, 2.24) is 10.0 Å². The Balaban J connectivity index is 1.80. The molecule has 0 bridgehead atoms. The Kier molecular flexibility index (Phi) is 7.44. The summed E-state index contributed by atoms with van der Waals surface area (Å²) in [4.78, 5) is 12.8. The molecule has 0 saturated heterocycles. The Morgan fingerprint density at radius 2 is 1.68 bits per heavy atom. The fourth-order valence-corrected chi connectivity index (χ4v) is 4.34. The van der Waals surface area contributed by atoms with Crippen LogP contribution in [0.3, 0.4) is 0 Å². The van der Waals surface area contributed by atoms with Gasteiger partial charge in [-0.2, -0.15) is 0 Å². The van der Waals surface area contributed by atoms with E-state index < -0.39 is 16.1 Å². The second kappa shape index (κ2) is 10.2. The minimum Gasteiger partial charge on any atom is -0.497 e. The minimum absolute atomic E-state index is 0.0505. The number of nitrogens with one attached hydrogen (secondary N) is 2. The van der Waals surface area contributed by atoms with E-state index in [1.54, 1.807) is 48.5 Å². The zero-order valence-corrected chi connectivity index (χ0v) is 18.4. The number of methoxy groups -OCH3 is 1. The lowest BCUT2D eigenvalue weighted by molar-refractivity contribution is -0.121. The molecular formula is C24H26N2O4S. The maximum absolute atomic E-state index is 13.0. The summed E-state index contributed by atoms with van der Waals surface area (Å²) < 4.78 is 33.9. The first-order valence-electron chi connectivity index (χ1n) is 9.91. The summed E-state index contributed by atoms with van der Waals surface area (Å²) in [5, 5.41) is 2.86. The molecule has 0 fully saturated rings. The van der Waals surface area contributed by atoms with Gasteiger partial charge in [-0.15, -0.1) is 0 Å². The van der Waals surface area contributed by atoms with Crippen LogP contribution >= 0.6 is 0 Å². The minimum atomic E-state index is -3.83. The summed E-state index contributed by atoms with van der Waals surface area (Å²) in [6.45, 7) is 2.26. The monoisotopic (exact) mass is 438 g/mol. The van der Waals surface area contributed by atoms with Crippen LogP contribution in [0.25, 0.3) is 0 Å². The van der Waals surface area contributed by atoms with Gasteiger partial charge in [0.2, 0.25) is 15.9 Å². The normalized spacial score (nSPS) is 12.2. The number of carbonyl (C=O) groups is 1. The molecule has 1 amide bonds. The number of amides is 1. The van der Waals surface area contributed by atoms with Crippen molar-refractivity contribution in [1.29, 1.82) is 0 Å². The number of aryl methyl sites for hydroxylation is 1. The van der Waals surface area contributed by atoms with Crippen LogP contribution in [0.4, 0.5) is 0 Å². The van der Waals surface area contributed by atoms with Crippen LogP contribution in [0.15, 0.2) is 83.8 Å². The van der Waals surface area contributed by atoms with Crippen molar-refractivity contribution in [2.75, 3.05) is 7.11 Å². The molecule has 3 aromatic carbocycles. The van der Waals surface area contributed by atoms with E-state index in [9.17, 15) is 13.2 Å². The van der Waals surface area contributed by atoms with Crippen LogP contribution in [0.5, 0.6) is 5.75 Å². The van der Waals surface area contributed by atoms with Crippen LogP contribution in [0.1, 0.15) is 29.2 Å². The van der Waals surface area contributed by atoms with Crippen molar-refractivity contribution < 1.29 is 17.9 Å². The second-order valence-corrected chi connectivity index (χ2v) is 8.94. The lowest BCUT2D eigenvalue weighted by Crippen LogP contribution is -2.33. The Bertz CT molecular complexity index is 1110. The summed E-state index contributed by atoms with van der Waals surface area (Å²) in [7, 11) is -2.29. The molecule has 162 valence electrons. The predicted octanol–water partition coefficient (Wildman–Crippen LogP) is 3.73. The Labute approximate surface area is 183 Å². The van der Waals surface area contributed by atoms with Crippen molar-refractivity contribution in [3.05, 3.63) is 95.6 Å². The van der Waals surface area contributed by atoms with Gasteiger partial charge in [-0.3, -0.25) is 4.79 Å². The summed E-state index contributed by atoms with van der Waals surface area (Å²) >= 11 is 0. The van der Waals surface area contributed by atoms with Crippen molar-refractivity contribution >= 4 is 15.9 Å². The predicted molar refractivity (Wildman–Crippen MR) is 120 cm³/mol. The highest BCUT2D eigenvalue weighted by Gasteiger charge is 2.24. The maximum atomic E-state index is 13.0. The first-order chi connectivity index (χ1) is 14.9. The quantitative estimate of drug-likeness (QED) is 0.533. The SMILES string of the molecule is COc1cccc([C@H](CC(=O)NCc2ccccc2)NS(=O)(=O)c2ccc(C)cc2)c1. The Morgan fingerprint density at radius 1 is 0.968 bits per heavy atom. The summed E-state index contributed by atoms with van der Waals surface area (Å²) in [6, 6.07) is 22.4. The van der Waals surface area contributed by atoms with E-state index in [4.69, 9.17) is 4.74 Å². The van der Waals surface area contributed by atoms with Gasteiger partial charge in [0.05, 0.1) is 18.0 Å². The highest BCUT2D eigenvalue weighted by Crippen LogP contribution is 2.24. The average molecular weight is 439 g/mol. The molecular weight excluding hydrogens is 412 g/mol. The van der Waals surface area contributed by atoms with Gasteiger partial charge < -0.3 is 10.1 Å². The van der Waals surface area contributed by atoms with Crippen molar-refractivity contribution in [3.8, 4) is 5.75 Å². The molecule has 3 aromatic rings. The van der Waals surface area contributed by atoms with Gasteiger partial charge in [0.1, 0.15) is 5.75 Å². The molecule has 6 nitrogen and oxygen atoms in total. The van der Waals surface area contributed by atoms with E-state index in [2.05, 4.69) is 10.0 Å². The summed E-state index contributed by atoms with van der Waals surface area (Å²) in [5.41, 5.74) is 2.57. The number of rotatable bonds is 9. The number of benzene rings is 3. The van der Waals surface area contributed by atoms with Gasteiger partial charge in [-0.05, 0) is 42.3 Å².